The Hall–Kier alpha value is -1.63. The van der Waals surface area contributed by atoms with Crippen molar-refractivity contribution in [3.05, 3.63) is 11.6 Å². The summed E-state index contributed by atoms with van der Waals surface area (Å²) in [5, 5.41) is 15.4. The molecular weight excluding hydrogens is 314 g/mol. The van der Waals surface area contributed by atoms with E-state index in [0.29, 0.717) is 12.6 Å². The highest BCUT2D eigenvalue weighted by Crippen LogP contribution is 2.10. The first-order valence-corrected chi connectivity index (χ1v) is 9.76. The Labute approximate surface area is 152 Å². The molecule has 2 N–H and O–H groups in total. The molecule has 1 fully saturated rings. The average Bonchev–Trinajstić information content (AvgIpc) is 2.93. The van der Waals surface area contributed by atoms with Gasteiger partial charge in [0.2, 0.25) is 0 Å². The average molecular weight is 350 g/mol. The summed E-state index contributed by atoms with van der Waals surface area (Å²) in [4.78, 5) is 7.30. The van der Waals surface area contributed by atoms with E-state index in [4.69, 9.17) is 4.99 Å². The van der Waals surface area contributed by atoms with E-state index in [1.165, 1.54) is 45.3 Å². The topological polar surface area (TPSA) is 70.4 Å². The molecule has 0 radical (unpaired) electrons. The van der Waals surface area contributed by atoms with Crippen LogP contribution in [0.2, 0.25) is 0 Å². The standard InChI is InChI=1S/C18H35N7/c1-5-7-10-19-18(20-14-17-23-22-15(3)24(17)4)21-16-8-12-25(11-6-2)13-9-16/h16H,5-14H2,1-4H3,(H2,19,20,21). The van der Waals surface area contributed by atoms with E-state index in [1.54, 1.807) is 0 Å². The number of guanidine groups is 1. The summed E-state index contributed by atoms with van der Waals surface area (Å²) in [5.74, 6) is 2.72. The third kappa shape index (κ3) is 6.30. The molecule has 0 unspecified atom stereocenters. The van der Waals surface area contributed by atoms with Gasteiger partial charge < -0.3 is 20.1 Å². The minimum absolute atomic E-state index is 0.502. The van der Waals surface area contributed by atoms with Crippen LogP contribution in [0.4, 0.5) is 0 Å². The molecule has 0 amide bonds. The Morgan fingerprint density at radius 2 is 1.96 bits per heavy atom. The minimum Gasteiger partial charge on any atom is -0.356 e. The zero-order valence-electron chi connectivity index (χ0n) is 16.4. The van der Waals surface area contributed by atoms with Gasteiger partial charge in [0.05, 0.1) is 0 Å². The number of aliphatic imine (C=N–C) groups is 1. The van der Waals surface area contributed by atoms with Crippen molar-refractivity contribution >= 4 is 5.96 Å². The van der Waals surface area contributed by atoms with Crippen molar-refractivity contribution in [1.82, 2.24) is 30.3 Å². The molecule has 142 valence electrons. The van der Waals surface area contributed by atoms with E-state index < -0.39 is 0 Å². The lowest BCUT2D eigenvalue weighted by Gasteiger charge is -2.32. The van der Waals surface area contributed by atoms with Crippen molar-refractivity contribution in [3.8, 4) is 0 Å². The van der Waals surface area contributed by atoms with Crippen LogP contribution >= 0.6 is 0 Å². The molecular formula is C18H35N7. The van der Waals surface area contributed by atoms with Gasteiger partial charge in [-0.05, 0) is 39.2 Å². The molecule has 0 bridgehead atoms. The zero-order valence-corrected chi connectivity index (χ0v) is 16.4. The first kappa shape index (κ1) is 19.7. The van der Waals surface area contributed by atoms with Crippen LogP contribution in [0.3, 0.4) is 0 Å². The second-order valence-corrected chi connectivity index (χ2v) is 6.93. The van der Waals surface area contributed by atoms with Gasteiger partial charge >= 0.3 is 0 Å². The van der Waals surface area contributed by atoms with Crippen LogP contribution in [0.25, 0.3) is 0 Å². The number of likely N-dealkylation sites (tertiary alicyclic amines) is 1. The predicted molar refractivity (Wildman–Crippen MR) is 103 cm³/mol. The highest BCUT2D eigenvalue weighted by Gasteiger charge is 2.19. The third-order valence-electron chi connectivity index (χ3n) is 4.85. The molecule has 7 heteroatoms. The van der Waals surface area contributed by atoms with Crippen LogP contribution in [0, 0.1) is 6.92 Å². The number of hydrogen-bond acceptors (Lipinski definition) is 4. The predicted octanol–water partition coefficient (Wildman–Crippen LogP) is 1.83. The SMILES string of the molecule is CCCCNC(=NCc1nnc(C)n1C)NC1CCN(CCC)CC1. The molecule has 0 atom stereocenters. The van der Waals surface area contributed by atoms with Gasteiger partial charge in [-0.1, -0.05) is 20.3 Å². The molecule has 0 spiro atoms. The van der Waals surface area contributed by atoms with Gasteiger partial charge in [-0.3, -0.25) is 0 Å². The Morgan fingerprint density at radius 1 is 1.20 bits per heavy atom. The van der Waals surface area contributed by atoms with E-state index in [-0.39, 0.29) is 0 Å². The van der Waals surface area contributed by atoms with Crippen LogP contribution in [-0.2, 0) is 13.6 Å². The number of nitrogens with zero attached hydrogens (tertiary/aromatic N) is 5. The van der Waals surface area contributed by atoms with Gasteiger partial charge in [0.15, 0.2) is 11.8 Å². The van der Waals surface area contributed by atoms with Gasteiger partial charge in [-0.2, -0.15) is 0 Å². The second-order valence-electron chi connectivity index (χ2n) is 6.93. The van der Waals surface area contributed by atoms with Crippen LogP contribution < -0.4 is 10.6 Å². The smallest absolute Gasteiger partial charge is 0.191 e. The van der Waals surface area contributed by atoms with Crippen molar-refractivity contribution in [2.24, 2.45) is 12.0 Å². The first-order chi connectivity index (χ1) is 12.1. The number of aromatic nitrogens is 3. The van der Waals surface area contributed by atoms with Crippen molar-refractivity contribution in [2.75, 3.05) is 26.2 Å². The van der Waals surface area contributed by atoms with Crippen molar-refractivity contribution in [2.45, 2.75) is 65.5 Å². The van der Waals surface area contributed by atoms with Crippen LogP contribution in [-0.4, -0.2) is 57.8 Å². The summed E-state index contributed by atoms with van der Waals surface area (Å²) >= 11 is 0. The number of piperidine rings is 1. The van der Waals surface area contributed by atoms with Crippen molar-refractivity contribution in [1.29, 1.82) is 0 Å². The molecule has 1 aromatic heterocycles. The lowest BCUT2D eigenvalue weighted by molar-refractivity contribution is 0.206. The summed E-state index contributed by atoms with van der Waals surface area (Å²) in [6.45, 7) is 11.5. The maximum Gasteiger partial charge on any atom is 0.191 e. The molecule has 2 rings (SSSR count). The highest BCUT2D eigenvalue weighted by molar-refractivity contribution is 5.80. The van der Waals surface area contributed by atoms with Gasteiger partial charge in [0.25, 0.3) is 0 Å². The van der Waals surface area contributed by atoms with E-state index >= 15 is 0 Å². The lowest BCUT2D eigenvalue weighted by Crippen LogP contribution is -2.49. The van der Waals surface area contributed by atoms with E-state index in [0.717, 1.165) is 30.6 Å². The van der Waals surface area contributed by atoms with Crippen molar-refractivity contribution < 1.29 is 0 Å². The maximum atomic E-state index is 4.75. The molecule has 1 aliphatic rings. The van der Waals surface area contributed by atoms with Crippen LogP contribution in [0.15, 0.2) is 4.99 Å². The van der Waals surface area contributed by atoms with Crippen molar-refractivity contribution in [3.63, 3.8) is 0 Å². The molecule has 1 saturated heterocycles. The highest BCUT2D eigenvalue weighted by atomic mass is 15.3. The van der Waals surface area contributed by atoms with E-state index in [9.17, 15) is 0 Å². The molecule has 0 saturated carbocycles. The first-order valence-electron chi connectivity index (χ1n) is 9.76. The Kier molecular flexibility index (Phi) is 8.18. The quantitative estimate of drug-likeness (QED) is 0.426. The summed E-state index contributed by atoms with van der Waals surface area (Å²) in [6.07, 6.45) is 5.92. The fraction of sp³-hybridized carbons (Fsp3) is 0.833. The van der Waals surface area contributed by atoms with Gasteiger partial charge in [-0.25, -0.2) is 4.99 Å². The zero-order chi connectivity index (χ0) is 18.1. The van der Waals surface area contributed by atoms with E-state index in [1.807, 2.05) is 18.5 Å². The van der Waals surface area contributed by atoms with Crippen LogP contribution in [0.5, 0.6) is 0 Å². The monoisotopic (exact) mass is 349 g/mol. The molecule has 7 nitrogen and oxygen atoms in total. The van der Waals surface area contributed by atoms with Gasteiger partial charge in [0.1, 0.15) is 12.4 Å². The van der Waals surface area contributed by atoms with Gasteiger partial charge in [0, 0.05) is 32.7 Å². The number of hydrogen-bond donors (Lipinski definition) is 2. The molecule has 1 aliphatic heterocycles. The minimum atomic E-state index is 0.502. The maximum absolute atomic E-state index is 4.75. The molecule has 25 heavy (non-hydrogen) atoms. The summed E-state index contributed by atoms with van der Waals surface area (Å²) in [6, 6.07) is 0.502. The molecule has 0 aromatic carbocycles. The largest absolute Gasteiger partial charge is 0.356 e. The fourth-order valence-corrected chi connectivity index (χ4v) is 3.09. The number of unbranched alkanes of at least 4 members (excludes halogenated alkanes) is 1. The Balaban J connectivity index is 1.91. The molecule has 0 aliphatic carbocycles. The Morgan fingerprint density at radius 3 is 2.56 bits per heavy atom. The van der Waals surface area contributed by atoms with Gasteiger partial charge in [-0.15, -0.1) is 10.2 Å². The Bertz CT molecular complexity index is 530. The fourth-order valence-electron chi connectivity index (χ4n) is 3.09. The van der Waals surface area contributed by atoms with Crippen LogP contribution in [0.1, 0.15) is 57.6 Å². The molecule has 2 heterocycles. The normalized spacial score (nSPS) is 17.0. The van der Waals surface area contributed by atoms with E-state index in [2.05, 4.69) is 39.6 Å². The summed E-state index contributed by atoms with van der Waals surface area (Å²) in [7, 11) is 1.99. The lowest BCUT2D eigenvalue weighted by atomic mass is 10.1. The number of aryl methyl sites for hydroxylation is 1. The third-order valence-corrected chi connectivity index (χ3v) is 4.85. The summed E-state index contributed by atoms with van der Waals surface area (Å²) in [5.41, 5.74) is 0. The second kappa shape index (κ2) is 10.4. The summed E-state index contributed by atoms with van der Waals surface area (Å²) < 4.78 is 2.00. The molecule has 1 aromatic rings. The number of nitrogens with one attached hydrogen (secondary N) is 2. The number of rotatable bonds is 8.